The van der Waals surface area contributed by atoms with Crippen LogP contribution in [0.25, 0.3) is 0 Å². The van der Waals surface area contributed by atoms with Gasteiger partial charge in [0.1, 0.15) is 23.7 Å². The first-order chi connectivity index (χ1) is 7.72. The zero-order valence-corrected chi connectivity index (χ0v) is 9.36. The zero-order chi connectivity index (χ0) is 12.0. The monoisotopic (exact) mass is 222 g/mol. The summed E-state index contributed by atoms with van der Waals surface area (Å²) in [6.45, 7) is 3.64. The third-order valence-corrected chi connectivity index (χ3v) is 1.96. The molecule has 0 bridgehead atoms. The van der Waals surface area contributed by atoms with Crippen molar-refractivity contribution in [1.82, 2.24) is 0 Å². The first-order valence-electron chi connectivity index (χ1n) is 4.73. The van der Waals surface area contributed by atoms with Gasteiger partial charge in [-0.25, -0.2) is 4.79 Å². The van der Waals surface area contributed by atoms with Crippen molar-refractivity contribution in [3.05, 3.63) is 36.4 Å². The molecule has 0 amide bonds. The topological polar surface area (TPSA) is 44.8 Å². The van der Waals surface area contributed by atoms with Gasteiger partial charge in [-0.05, 0) is 12.1 Å². The molecule has 1 rings (SSSR count). The number of methoxy groups -OCH3 is 2. The molecule has 1 aromatic carbocycles. The molecule has 16 heavy (non-hydrogen) atoms. The van der Waals surface area contributed by atoms with Gasteiger partial charge in [0.05, 0.1) is 14.2 Å². The van der Waals surface area contributed by atoms with Crippen LogP contribution in [0.3, 0.4) is 0 Å². The van der Waals surface area contributed by atoms with Crippen LogP contribution in [0.5, 0.6) is 11.5 Å². The predicted octanol–water partition coefficient (Wildman–Crippen LogP) is 2.05. The van der Waals surface area contributed by atoms with Crippen LogP contribution in [0, 0.1) is 0 Å². The van der Waals surface area contributed by atoms with Gasteiger partial charge in [-0.15, -0.1) is 0 Å². The number of rotatable bonds is 5. The summed E-state index contributed by atoms with van der Waals surface area (Å²) in [5.74, 6) is 0.602. The summed E-state index contributed by atoms with van der Waals surface area (Å²) in [5, 5.41) is 0. The average molecular weight is 222 g/mol. The molecule has 0 aliphatic heterocycles. The van der Waals surface area contributed by atoms with E-state index >= 15 is 0 Å². The summed E-state index contributed by atoms with van der Waals surface area (Å²) >= 11 is 0. The van der Waals surface area contributed by atoms with Crippen LogP contribution in [0.15, 0.2) is 30.9 Å². The highest BCUT2D eigenvalue weighted by Crippen LogP contribution is 2.25. The van der Waals surface area contributed by atoms with E-state index in [1.807, 2.05) is 0 Å². The van der Waals surface area contributed by atoms with Gasteiger partial charge in [0.15, 0.2) is 0 Å². The molecule has 1 aromatic rings. The Morgan fingerprint density at radius 2 is 2.12 bits per heavy atom. The van der Waals surface area contributed by atoms with Crippen molar-refractivity contribution < 1.29 is 19.0 Å². The molecule has 0 unspecified atom stereocenters. The minimum atomic E-state index is -0.445. The number of carbonyl (C=O) groups excluding carboxylic acids is 1. The van der Waals surface area contributed by atoms with Crippen LogP contribution in [0.2, 0.25) is 0 Å². The number of hydrogen-bond donors (Lipinski definition) is 0. The number of hydrogen-bond acceptors (Lipinski definition) is 4. The first kappa shape index (κ1) is 12.1. The molecule has 0 radical (unpaired) electrons. The van der Waals surface area contributed by atoms with Gasteiger partial charge in [-0.1, -0.05) is 12.7 Å². The summed E-state index contributed by atoms with van der Waals surface area (Å²) < 4.78 is 15.0. The molecule has 0 saturated carbocycles. The summed E-state index contributed by atoms with van der Waals surface area (Å²) in [4.78, 5) is 11.6. The standard InChI is InChI=1S/C12H14O4/c1-4-7-16-12(13)10-6-5-9(14-2)8-11(10)15-3/h4-6,8H,1,7H2,2-3H3. The molecule has 0 fully saturated rings. The van der Waals surface area contributed by atoms with Crippen molar-refractivity contribution in [1.29, 1.82) is 0 Å². The van der Waals surface area contributed by atoms with Crippen LogP contribution in [0.4, 0.5) is 0 Å². The van der Waals surface area contributed by atoms with Gasteiger partial charge < -0.3 is 14.2 Å². The van der Waals surface area contributed by atoms with E-state index in [9.17, 15) is 4.79 Å². The van der Waals surface area contributed by atoms with Gasteiger partial charge >= 0.3 is 5.97 Å². The molecule has 0 aliphatic carbocycles. The van der Waals surface area contributed by atoms with E-state index in [0.717, 1.165) is 0 Å². The van der Waals surface area contributed by atoms with Crippen LogP contribution in [-0.2, 0) is 4.74 Å². The maximum atomic E-state index is 11.6. The molecule has 4 heteroatoms. The van der Waals surface area contributed by atoms with E-state index < -0.39 is 5.97 Å². The summed E-state index contributed by atoms with van der Waals surface area (Å²) in [6, 6.07) is 4.90. The Morgan fingerprint density at radius 1 is 1.38 bits per heavy atom. The second kappa shape index (κ2) is 5.80. The summed E-state index contributed by atoms with van der Waals surface area (Å²) in [5.41, 5.74) is 0.366. The Bertz CT molecular complexity index is 385. The van der Waals surface area contributed by atoms with Gasteiger partial charge in [-0.2, -0.15) is 0 Å². The minimum Gasteiger partial charge on any atom is -0.497 e. The maximum Gasteiger partial charge on any atom is 0.342 e. The van der Waals surface area contributed by atoms with Crippen molar-refractivity contribution in [2.75, 3.05) is 20.8 Å². The molecule has 0 atom stereocenters. The van der Waals surface area contributed by atoms with E-state index in [1.54, 1.807) is 25.3 Å². The van der Waals surface area contributed by atoms with Crippen molar-refractivity contribution in [3.63, 3.8) is 0 Å². The van der Waals surface area contributed by atoms with E-state index in [1.165, 1.54) is 13.2 Å². The highest BCUT2D eigenvalue weighted by Gasteiger charge is 2.13. The molecule has 4 nitrogen and oxygen atoms in total. The Balaban J connectivity index is 2.94. The fourth-order valence-electron chi connectivity index (χ4n) is 1.18. The van der Waals surface area contributed by atoms with Crippen molar-refractivity contribution in [3.8, 4) is 11.5 Å². The SMILES string of the molecule is C=CCOC(=O)c1ccc(OC)cc1OC. The molecule has 0 heterocycles. The summed E-state index contributed by atoms with van der Waals surface area (Å²) in [6.07, 6.45) is 1.51. The van der Waals surface area contributed by atoms with Crippen LogP contribution < -0.4 is 9.47 Å². The van der Waals surface area contributed by atoms with E-state index in [2.05, 4.69) is 6.58 Å². The zero-order valence-electron chi connectivity index (χ0n) is 9.36. The number of esters is 1. The van der Waals surface area contributed by atoms with Gasteiger partial charge in [0.25, 0.3) is 0 Å². The quantitative estimate of drug-likeness (QED) is 0.565. The summed E-state index contributed by atoms with van der Waals surface area (Å²) in [7, 11) is 3.03. The van der Waals surface area contributed by atoms with E-state index in [-0.39, 0.29) is 6.61 Å². The number of ether oxygens (including phenoxy) is 3. The lowest BCUT2D eigenvalue weighted by Gasteiger charge is -2.09. The normalized spacial score (nSPS) is 9.38. The Morgan fingerprint density at radius 3 is 2.69 bits per heavy atom. The van der Waals surface area contributed by atoms with Crippen LogP contribution >= 0.6 is 0 Å². The predicted molar refractivity (Wildman–Crippen MR) is 60.0 cm³/mol. The Hall–Kier alpha value is -1.97. The van der Waals surface area contributed by atoms with Gasteiger partial charge in [0, 0.05) is 6.07 Å². The van der Waals surface area contributed by atoms with E-state index in [0.29, 0.717) is 17.1 Å². The van der Waals surface area contributed by atoms with Gasteiger partial charge in [-0.3, -0.25) is 0 Å². The second-order valence-electron chi connectivity index (χ2n) is 2.95. The largest absolute Gasteiger partial charge is 0.497 e. The smallest absolute Gasteiger partial charge is 0.342 e. The number of benzene rings is 1. The van der Waals surface area contributed by atoms with Gasteiger partial charge in [0.2, 0.25) is 0 Å². The van der Waals surface area contributed by atoms with Crippen LogP contribution in [-0.4, -0.2) is 26.8 Å². The molecular weight excluding hydrogens is 208 g/mol. The third-order valence-electron chi connectivity index (χ3n) is 1.96. The maximum absolute atomic E-state index is 11.6. The Kier molecular flexibility index (Phi) is 4.39. The van der Waals surface area contributed by atoms with Crippen molar-refractivity contribution in [2.45, 2.75) is 0 Å². The molecule has 0 N–H and O–H groups in total. The molecule has 0 aliphatic rings. The lowest BCUT2D eigenvalue weighted by Crippen LogP contribution is -2.07. The molecule has 86 valence electrons. The third kappa shape index (κ3) is 2.76. The van der Waals surface area contributed by atoms with Crippen molar-refractivity contribution >= 4 is 5.97 Å². The van der Waals surface area contributed by atoms with Crippen molar-refractivity contribution in [2.24, 2.45) is 0 Å². The molecule has 0 saturated heterocycles. The van der Waals surface area contributed by atoms with Crippen LogP contribution in [0.1, 0.15) is 10.4 Å². The highest BCUT2D eigenvalue weighted by atomic mass is 16.5. The minimum absolute atomic E-state index is 0.175. The Labute approximate surface area is 94.4 Å². The fourth-order valence-corrected chi connectivity index (χ4v) is 1.18. The molecule has 0 aromatic heterocycles. The first-order valence-corrected chi connectivity index (χ1v) is 4.73. The van der Waals surface area contributed by atoms with E-state index in [4.69, 9.17) is 14.2 Å². The lowest BCUT2D eigenvalue weighted by atomic mass is 10.2. The molecular formula is C12H14O4. The highest BCUT2D eigenvalue weighted by molar-refractivity contribution is 5.92. The number of carbonyl (C=O) groups is 1. The molecule has 0 spiro atoms. The second-order valence-corrected chi connectivity index (χ2v) is 2.95. The lowest BCUT2D eigenvalue weighted by molar-refractivity contribution is 0.0546. The fraction of sp³-hybridized carbons (Fsp3) is 0.250. The average Bonchev–Trinajstić information content (AvgIpc) is 2.34.